The Morgan fingerprint density at radius 3 is 2.62 bits per heavy atom. The first-order valence-corrected chi connectivity index (χ1v) is 13.9. The van der Waals surface area contributed by atoms with Crippen molar-refractivity contribution < 1.29 is 9.84 Å². The number of hydrogen-bond acceptors (Lipinski definition) is 9. The van der Waals surface area contributed by atoms with Crippen molar-refractivity contribution in [1.29, 1.82) is 5.26 Å². The zero-order valence-corrected chi connectivity index (χ0v) is 23.0. The summed E-state index contributed by atoms with van der Waals surface area (Å²) in [6, 6.07) is 10.5. The minimum absolute atomic E-state index is 0.178. The van der Waals surface area contributed by atoms with Gasteiger partial charge in [-0.3, -0.25) is 0 Å². The van der Waals surface area contributed by atoms with Crippen LogP contribution in [0.5, 0.6) is 5.88 Å². The van der Waals surface area contributed by atoms with Gasteiger partial charge in [0.2, 0.25) is 11.8 Å². The number of pyridine rings is 1. The van der Waals surface area contributed by atoms with Gasteiger partial charge in [-0.25, -0.2) is 15.0 Å². The van der Waals surface area contributed by atoms with Gasteiger partial charge in [-0.05, 0) is 70.2 Å². The van der Waals surface area contributed by atoms with E-state index in [2.05, 4.69) is 33.5 Å². The highest BCUT2D eigenvalue weighted by Gasteiger charge is 2.32. The summed E-state index contributed by atoms with van der Waals surface area (Å²) in [6.45, 7) is 8.77. The van der Waals surface area contributed by atoms with E-state index in [4.69, 9.17) is 14.7 Å². The lowest BCUT2D eigenvalue weighted by molar-refractivity contribution is 0.0923. The summed E-state index contributed by atoms with van der Waals surface area (Å²) in [7, 11) is 0. The minimum atomic E-state index is -0.178. The van der Waals surface area contributed by atoms with Gasteiger partial charge in [-0.2, -0.15) is 5.26 Å². The first kappa shape index (κ1) is 26.9. The number of nitrogens with one attached hydrogen (secondary N) is 2. The third-order valence-electron chi connectivity index (χ3n) is 7.44. The summed E-state index contributed by atoms with van der Waals surface area (Å²) >= 11 is 0. The van der Waals surface area contributed by atoms with Gasteiger partial charge >= 0.3 is 0 Å². The van der Waals surface area contributed by atoms with Crippen molar-refractivity contribution in [1.82, 2.24) is 19.9 Å². The third kappa shape index (κ3) is 6.29. The molecule has 1 aliphatic carbocycles. The number of anilines is 3. The lowest BCUT2D eigenvalue weighted by Crippen LogP contribution is -2.39. The fourth-order valence-electron chi connectivity index (χ4n) is 5.11. The molecule has 2 aliphatic rings. The molecule has 1 saturated heterocycles. The highest BCUT2D eigenvalue weighted by molar-refractivity contribution is 5.73. The van der Waals surface area contributed by atoms with Crippen LogP contribution in [0.1, 0.15) is 61.4 Å². The van der Waals surface area contributed by atoms with E-state index in [-0.39, 0.29) is 12.7 Å². The van der Waals surface area contributed by atoms with Gasteiger partial charge in [-0.15, -0.1) is 0 Å². The van der Waals surface area contributed by atoms with Crippen LogP contribution >= 0.6 is 0 Å². The Kier molecular flexibility index (Phi) is 8.24. The first-order valence-electron chi connectivity index (χ1n) is 13.9. The average molecular weight is 528 g/mol. The number of benzene rings is 1. The van der Waals surface area contributed by atoms with Crippen molar-refractivity contribution in [2.75, 3.05) is 30.3 Å². The minimum Gasteiger partial charge on any atom is -0.474 e. The molecular formula is C30H37N7O2. The van der Waals surface area contributed by atoms with Crippen molar-refractivity contribution in [2.45, 2.75) is 71.6 Å². The number of hydrogen-bond donors (Lipinski definition) is 3. The number of nitrogens with zero attached hydrogens (tertiary/aromatic N) is 5. The second-order valence-corrected chi connectivity index (χ2v) is 10.5. The second kappa shape index (κ2) is 12.0. The summed E-state index contributed by atoms with van der Waals surface area (Å²) in [5, 5.41) is 26.3. The Bertz CT molecular complexity index is 1360. The average Bonchev–Trinajstić information content (AvgIpc) is 3.80. The SMILES string of the molecule is CCCNc1c(C#N)cc(-c2ccnc(Nc3cc(C)c(OC4CCN(C5CC5)CC4)nc3C)n2)cc1CO. The van der Waals surface area contributed by atoms with E-state index in [9.17, 15) is 10.4 Å². The van der Waals surface area contributed by atoms with Crippen LogP contribution in [0.25, 0.3) is 11.3 Å². The maximum Gasteiger partial charge on any atom is 0.227 e. The smallest absolute Gasteiger partial charge is 0.227 e. The Hall–Kier alpha value is -3.74. The number of rotatable bonds is 10. The van der Waals surface area contributed by atoms with Crippen LogP contribution in [-0.2, 0) is 6.61 Å². The quantitative estimate of drug-likeness (QED) is 0.331. The number of likely N-dealkylation sites (tertiary alicyclic amines) is 1. The van der Waals surface area contributed by atoms with Gasteiger partial charge in [0, 0.05) is 48.6 Å². The number of aliphatic hydroxyl groups is 1. The summed E-state index contributed by atoms with van der Waals surface area (Å²) in [6.07, 6.45) is 7.57. The van der Waals surface area contributed by atoms with E-state index in [1.807, 2.05) is 26.0 Å². The molecule has 3 N–H and O–H groups in total. The molecule has 9 heteroatoms. The summed E-state index contributed by atoms with van der Waals surface area (Å²) < 4.78 is 6.33. The molecule has 3 heterocycles. The lowest BCUT2D eigenvalue weighted by Gasteiger charge is -2.32. The number of aromatic nitrogens is 3. The zero-order valence-electron chi connectivity index (χ0n) is 23.0. The Labute approximate surface area is 230 Å². The normalized spacial score (nSPS) is 16.1. The van der Waals surface area contributed by atoms with Crippen molar-refractivity contribution in [3.63, 3.8) is 0 Å². The van der Waals surface area contributed by atoms with Gasteiger partial charge in [0.15, 0.2) is 0 Å². The summed E-state index contributed by atoms with van der Waals surface area (Å²) in [5.41, 5.74) is 5.79. The lowest BCUT2D eigenvalue weighted by atomic mass is 10.0. The van der Waals surface area contributed by atoms with Crippen molar-refractivity contribution in [3.05, 3.63) is 52.8 Å². The topological polar surface area (TPSA) is 119 Å². The predicted octanol–water partition coefficient (Wildman–Crippen LogP) is 5.09. The van der Waals surface area contributed by atoms with Crippen LogP contribution in [0.3, 0.4) is 0 Å². The molecule has 204 valence electrons. The summed E-state index contributed by atoms with van der Waals surface area (Å²) in [5.74, 6) is 1.12. The van der Waals surface area contributed by atoms with Gasteiger partial charge in [-0.1, -0.05) is 6.92 Å². The first-order chi connectivity index (χ1) is 19.0. The van der Waals surface area contributed by atoms with Crippen LogP contribution in [0.2, 0.25) is 0 Å². The maximum absolute atomic E-state index is 9.96. The molecule has 1 aromatic carbocycles. The van der Waals surface area contributed by atoms with Crippen LogP contribution in [0.4, 0.5) is 17.3 Å². The van der Waals surface area contributed by atoms with Gasteiger partial charge in [0.25, 0.3) is 0 Å². The van der Waals surface area contributed by atoms with Gasteiger partial charge in [0.05, 0.1) is 34.9 Å². The largest absolute Gasteiger partial charge is 0.474 e. The molecule has 5 rings (SSSR count). The number of ether oxygens (including phenoxy) is 1. The number of piperidine rings is 1. The highest BCUT2D eigenvalue weighted by Crippen LogP contribution is 2.32. The molecule has 0 bridgehead atoms. The second-order valence-electron chi connectivity index (χ2n) is 10.5. The molecule has 39 heavy (non-hydrogen) atoms. The maximum atomic E-state index is 9.96. The summed E-state index contributed by atoms with van der Waals surface area (Å²) in [4.78, 5) is 16.5. The highest BCUT2D eigenvalue weighted by atomic mass is 16.5. The molecule has 9 nitrogen and oxygen atoms in total. The van der Waals surface area contributed by atoms with Crippen molar-refractivity contribution in [3.8, 4) is 23.2 Å². The molecule has 0 radical (unpaired) electrons. The molecule has 0 spiro atoms. The van der Waals surface area contributed by atoms with E-state index in [1.165, 1.54) is 12.8 Å². The van der Waals surface area contributed by atoms with Crippen LogP contribution in [-0.4, -0.2) is 56.7 Å². The number of nitriles is 1. The molecule has 0 amide bonds. The standard InChI is InChI=1S/C30H37N7O2/c1-4-10-32-28-22(17-31)15-21(16-23(28)18-38)26-7-11-33-30(35-26)36-27-14-19(2)29(34-20(27)3)39-25-8-12-37(13-9-25)24-5-6-24/h7,11,14-16,24-25,32,38H,4-6,8-10,12-13,18H2,1-3H3,(H,33,35,36). The fourth-order valence-corrected chi connectivity index (χ4v) is 5.11. The molecule has 3 aromatic rings. The van der Waals surface area contributed by atoms with Crippen molar-refractivity contribution >= 4 is 17.3 Å². The van der Waals surface area contributed by atoms with Crippen LogP contribution in [0.15, 0.2) is 30.5 Å². The number of aliphatic hydroxyl groups excluding tert-OH is 1. The van der Waals surface area contributed by atoms with E-state index >= 15 is 0 Å². The molecule has 1 aliphatic heterocycles. The Morgan fingerprint density at radius 2 is 1.92 bits per heavy atom. The monoisotopic (exact) mass is 527 g/mol. The zero-order chi connectivity index (χ0) is 27.4. The molecule has 1 saturated carbocycles. The van der Waals surface area contributed by atoms with E-state index in [0.717, 1.165) is 67.4 Å². The van der Waals surface area contributed by atoms with Crippen LogP contribution in [0, 0.1) is 25.2 Å². The third-order valence-corrected chi connectivity index (χ3v) is 7.44. The molecule has 0 unspecified atom stereocenters. The van der Waals surface area contributed by atoms with Gasteiger partial charge < -0.3 is 25.4 Å². The van der Waals surface area contributed by atoms with E-state index < -0.39 is 0 Å². The van der Waals surface area contributed by atoms with E-state index in [0.29, 0.717) is 34.3 Å². The predicted molar refractivity (Wildman–Crippen MR) is 152 cm³/mol. The van der Waals surface area contributed by atoms with Crippen molar-refractivity contribution in [2.24, 2.45) is 0 Å². The molecule has 0 atom stereocenters. The molecule has 2 fully saturated rings. The fraction of sp³-hybridized carbons (Fsp3) is 0.467. The Balaban J connectivity index is 1.31. The Morgan fingerprint density at radius 1 is 1.13 bits per heavy atom. The number of aryl methyl sites for hydroxylation is 2. The molecular weight excluding hydrogens is 490 g/mol. The molecule has 2 aromatic heterocycles. The van der Waals surface area contributed by atoms with Crippen LogP contribution < -0.4 is 15.4 Å². The van der Waals surface area contributed by atoms with E-state index in [1.54, 1.807) is 18.3 Å². The van der Waals surface area contributed by atoms with Gasteiger partial charge in [0.1, 0.15) is 12.2 Å².